The van der Waals surface area contributed by atoms with Gasteiger partial charge in [-0.2, -0.15) is 0 Å². The van der Waals surface area contributed by atoms with Gasteiger partial charge in [0.25, 0.3) is 0 Å². The van der Waals surface area contributed by atoms with Crippen LogP contribution >= 0.6 is 0 Å². The van der Waals surface area contributed by atoms with Crippen molar-refractivity contribution in [1.29, 1.82) is 0 Å². The average molecular weight is 138 g/mol. The maximum Gasteiger partial charge on any atom is -0.0236 e. The molecule has 0 fully saturated rings. The molecule has 0 aliphatic carbocycles. The van der Waals surface area contributed by atoms with Crippen molar-refractivity contribution in [3.63, 3.8) is 0 Å². The molecular weight excluding hydrogens is 120 g/mol. The van der Waals surface area contributed by atoms with Gasteiger partial charge in [-0.1, -0.05) is 25.2 Å². The summed E-state index contributed by atoms with van der Waals surface area (Å²) >= 11 is 0. The van der Waals surface area contributed by atoms with Crippen LogP contribution in [0.4, 0.5) is 0 Å². The first-order valence-electron chi connectivity index (χ1n) is 4.08. The van der Waals surface area contributed by atoms with Crippen LogP contribution < -0.4 is 0 Å². The van der Waals surface area contributed by atoms with Crippen molar-refractivity contribution >= 4 is 0 Å². The van der Waals surface area contributed by atoms with Crippen molar-refractivity contribution in [2.75, 3.05) is 0 Å². The second-order valence-electron chi connectivity index (χ2n) is 2.55. The first-order valence-corrected chi connectivity index (χ1v) is 4.08. The van der Waals surface area contributed by atoms with Gasteiger partial charge in [0.2, 0.25) is 0 Å². The lowest BCUT2D eigenvalue weighted by Crippen LogP contribution is -1.91. The van der Waals surface area contributed by atoms with Crippen LogP contribution in [0.1, 0.15) is 33.1 Å². The molecular formula is C10H18. The second kappa shape index (κ2) is 6.60. The van der Waals surface area contributed by atoms with E-state index in [1.54, 1.807) is 0 Å². The summed E-state index contributed by atoms with van der Waals surface area (Å²) in [6, 6.07) is 0. The molecule has 0 spiro atoms. The predicted octanol–water partition coefficient (Wildman–Crippen LogP) is 3.55. The minimum absolute atomic E-state index is 0.719. The molecule has 0 N–H and O–H groups in total. The highest BCUT2D eigenvalue weighted by molar-refractivity contribution is 4.83. The first-order chi connectivity index (χ1) is 4.85. The fraction of sp³-hybridized carbons (Fsp3) is 0.600. The lowest BCUT2D eigenvalue weighted by Gasteiger charge is -2.05. The van der Waals surface area contributed by atoms with Crippen molar-refractivity contribution < 1.29 is 0 Å². The van der Waals surface area contributed by atoms with Crippen molar-refractivity contribution in [2.24, 2.45) is 5.92 Å². The molecule has 10 heavy (non-hydrogen) atoms. The third-order valence-corrected chi connectivity index (χ3v) is 1.80. The van der Waals surface area contributed by atoms with Gasteiger partial charge in [-0.3, -0.25) is 0 Å². The molecule has 0 bridgehead atoms. The molecule has 0 aliphatic heterocycles. The summed E-state index contributed by atoms with van der Waals surface area (Å²) in [5.41, 5.74) is 0. The fourth-order valence-corrected chi connectivity index (χ4v) is 0.966. The van der Waals surface area contributed by atoms with Crippen LogP contribution in [0.3, 0.4) is 0 Å². The Hall–Kier alpha value is -0.520. The van der Waals surface area contributed by atoms with Gasteiger partial charge in [0, 0.05) is 0 Å². The van der Waals surface area contributed by atoms with E-state index in [2.05, 4.69) is 38.7 Å². The minimum Gasteiger partial charge on any atom is -0.103 e. The molecule has 0 aromatic heterocycles. The Morgan fingerprint density at radius 1 is 1.50 bits per heavy atom. The molecule has 0 aliphatic rings. The van der Waals surface area contributed by atoms with Gasteiger partial charge >= 0.3 is 0 Å². The monoisotopic (exact) mass is 138 g/mol. The topological polar surface area (TPSA) is 0 Å². The summed E-state index contributed by atoms with van der Waals surface area (Å²) in [6.45, 7) is 8.06. The third-order valence-electron chi connectivity index (χ3n) is 1.80. The fourth-order valence-electron chi connectivity index (χ4n) is 0.966. The number of allylic oxidation sites excluding steroid dienone is 3. The molecule has 0 rings (SSSR count). The van der Waals surface area contributed by atoms with Crippen molar-refractivity contribution in [3.8, 4) is 0 Å². The molecule has 0 saturated heterocycles. The van der Waals surface area contributed by atoms with Gasteiger partial charge in [-0.25, -0.2) is 0 Å². The van der Waals surface area contributed by atoms with E-state index >= 15 is 0 Å². The van der Waals surface area contributed by atoms with Gasteiger partial charge < -0.3 is 0 Å². The van der Waals surface area contributed by atoms with Crippen LogP contribution in [0.15, 0.2) is 24.8 Å². The van der Waals surface area contributed by atoms with Crippen molar-refractivity contribution in [3.05, 3.63) is 24.8 Å². The van der Waals surface area contributed by atoms with Crippen LogP contribution in [-0.2, 0) is 0 Å². The zero-order chi connectivity index (χ0) is 7.82. The summed E-state index contributed by atoms with van der Waals surface area (Å²) < 4.78 is 0. The Balaban J connectivity index is 3.34. The van der Waals surface area contributed by atoms with Gasteiger partial charge in [0.1, 0.15) is 0 Å². The van der Waals surface area contributed by atoms with Crippen LogP contribution in [-0.4, -0.2) is 0 Å². The standard InChI is InChI=1S/C10H18/c1-4-7-8-9-10(5-2)6-3/h4-5,7,10H,2,6,8-9H2,1,3H3. The first kappa shape index (κ1) is 9.48. The van der Waals surface area contributed by atoms with E-state index in [4.69, 9.17) is 0 Å². The lowest BCUT2D eigenvalue weighted by atomic mass is 10.0. The highest BCUT2D eigenvalue weighted by atomic mass is 14.0. The van der Waals surface area contributed by atoms with E-state index in [1.807, 2.05) is 0 Å². The van der Waals surface area contributed by atoms with Crippen molar-refractivity contribution in [1.82, 2.24) is 0 Å². The van der Waals surface area contributed by atoms with E-state index in [0.29, 0.717) is 0 Å². The molecule has 0 heterocycles. The predicted molar refractivity (Wildman–Crippen MR) is 48.0 cm³/mol. The lowest BCUT2D eigenvalue weighted by molar-refractivity contribution is 0.580. The van der Waals surface area contributed by atoms with E-state index < -0.39 is 0 Å². The Labute approximate surface area is 64.6 Å². The summed E-state index contributed by atoms with van der Waals surface area (Å²) in [6.07, 6.45) is 10.1. The maximum atomic E-state index is 3.79. The maximum absolute atomic E-state index is 3.79. The van der Waals surface area contributed by atoms with Gasteiger partial charge in [-0.15, -0.1) is 6.58 Å². The second-order valence-corrected chi connectivity index (χ2v) is 2.55. The van der Waals surface area contributed by atoms with E-state index in [9.17, 15) is 0 Å². The normalized spacial score (nSPS) is 13.8. The van der Waals surface area contributed by atoms with Crippen LogP contribution in [0.2, 0.25) is 0 Å². The molecule has 0 saturated carbocycles. The largest absolute Gasteiger partial charge is 0.103 e. The molecule has 0 nitrogen and oxygen atoms in total. The molecule has 1 unspecified atom stereocenters. The average Bonchev–Trinajstić information content (AvgIpc) is 1.99. The quantitative estimate of drug-likeness (QED) is 0.510. The van der Waals surface area contributed by atoms with Gasteiger partial charge in [-0.05, 0) is 32.1 Å². The third kappa shape index (κ3) is 4.37. The highest BCUT2D eigenvalue weighted by Gasteiger charge is 1.96. The highest BCUT2D eigenvalue weighted by Crippen LogP contribution is 2.11. The Morgan fingerprint density at radius 2 is 2.20 bits per heavy atom. The molecule has 58 valence electrons. The molecule has 0 aromatic carbocycles. The summed E-state index contributed by atoms with van der Waals surface area (Å²) in [4.78, 5) is 0. The molecule has 0 heteroatoms. The minimum atomic E-state index is 0.719. The zero-order valence-corrected chi connectivity index (χ0v) is 7.14. The number of hydrogen-bond donors (Lipinski definition) is 0. The van der Waals surface area contributed by atoms with Gasteiger partial charge in [0.05, 0.1) is 0 Å². The van der Waals surface area contributed by atoms with E-state index in [1.165, 1.54) is 19.3 Å². The number of rotatable bonds is 5. The van der Waals surface area contributed by atoms with E-state index in [0.717, 1.165) is 5.92 Å². The summed E-state index contributed by atoms with van der Waals surface area (Å²) in [5.74, 6) is 0.719. The Bertz CT molecular complexity index is 101. The van der Waals surface area contributed by atoms with Crippen LogP contribution in [0.5, 0.6) is 0 Å². The molecule has 0 aromatic rings. The number of hydrogen-bond acceptors (Lipinski definition) is 0. The Morgan fingerprint density at radius 3 is 2.60 bits per heavy atom. The zero-order valence-electron chi connectivity index (χ0n) is 7.14. The SMILES string of the molecule is C=CC(CC)CCC=CC. The van der Waals surface area contributed by atoms with Crippen molar-refractivity contribution in [2.45, 2.75) is 33.1 Å². The molecule has 0 amide bonds. The van der Waals surface area contributed by atoms with E-state index in [-0.39, 0.29) is 0 Å². The molecule has 1 atom stereocenters. The smallest absolute Gasteiger partial charge is 0.0236 e. The summed E-state index contributed by atoms with van der Waals surface area (Å²) in [7, 11) is 0. The Kier molecular flexibility index (Phi) is 6.25. The molecule has 0 radical (unpaired) electrons. The van der Waals surface area contributed by atoms with Crippen LogP contribution in [0, 0.1) is 5.92 Å². The van der Waals surface area contributed by atoms with Gasteiger partial charge in [0.15, 0.2) is 0 Å². The van der Waals surface area contributed by atoms with Crippen LogP contribution in [0.25, 0.3) is 0 Å². The summed E-state index contributed by atoms with van der Waals surface area (Å²) in [5, 5.41) is 0.